The maximum absolute atomic E-state index is 13.4. The van der Waals surface area contributed by atoms with E-state index in [1.807, 2.05) is 6.07 Å². The Balaban J connectivity index is 2.05. The monoisotopic (exact) mass is 248 g/mol. The molecule has 3 nitrogen and oxygen atoms in total. The fraction of sp³-hybridized carbons (Fsp3) is 0.500. The van der Waals surface area contributed by atoms with Gasteiger partial charge in [0.25, 0.3) is 0 Å². The van der Waals surface area contributed by atoms with Crippen LogP contribution in [0, 0.1) is 5.82 Å². The van der Waals surface area contributed by atoms with Crippen LogP contribution in [-0.4, -0.2) is 25.0 Å². The van der Waals surface area contributed by atoms with Crippen LogP contribution in [0.1, 0.15) is 25.8 Å². The Morgan fingerprint density at radius 3 is 2.89 bits per heavy atom. The molecule has 0 aromatic heterocycles. The molecule has 1 amide bonds. The third-order valence-electron chi connectivity index (χ3n) is 3.96. The highest BCUT2D eigenvalue weighted by molar-refractivity contribution is 5.88. The van der Waals surface area contributed by atoms with Crippen molar-refractivity contribution in [1.29, 1.82) is 0 Å². The lowest BCUT2D eigenvalue weighted by Gasteiger charge is -2.26. The van der Waals surface area contributed by atoms with Gasteiger partial charge in [0.05, 0.1) is 0 Å². The molecule has 0 bridgehead atoms. The zero-order valence-electron chi connectivity index (χ0n) is 10.7. The molecule has 1 fully saturated rings. The first-order chi connectivity index (χ1) is 8.49. The molecule has 0 aliphatic carbocycles. The Morgan fingerprint density at radius 2 is 2.22 bits per heavy atom. The number of carbonyl (C=O) groups excluding carboxylic acids is 1. The number of benzene rings is 1. The van der Waals surface area contributed by atoms with Crippen molar-refractivity contribution in [2.45, 2.75) is 31.7 Å². The van der Waals surface area contributed by atoms with Gasteiger partial charge in [-0.3, -0.25) is 4.79 Å². The van der Waals surface area contributed by atoms with Gasteiger partial charge in [-0.15, -0.1) is 0 Å². The first kappa shape index (κ1) is 11.5. The summed E-state index contributed by atoms with van der Waals surface area (Å²) in [6.45, 7) is 5.75. The summed E-state index contributed by atoms with van der Waals surface area (Å²) >= 11 is 0. The lowest BCUT2D eigenvalue weighted by atomic mass is 9.87. The Kier molecular flexibility index (Phi) is 2.37. The highest BCUT2D eigenvalue weighted by atomic mass is 19.1. The Hall–Kier alpha value is -1.58. The summed E-state index contributed by atoms with van der Waals surface area (Å²) in [5.74, 6) is -0.183. The Labute approximate surface area is 106 Å². The van der Waals surface area contributed by atoms with Crippen LogP contribution in [0.3, 0.4) is 0 Å². The van der Waals surface area contributed by atoms with E-state index in [1.54, 1.807) is 6.07 Å². The molecule has 1 aromatic carbocycles. The predicted octanol–water partition coefficient (Wildman–Crippen LogP) is 1.81. The quantitative estimate of drug-likeness (QED) is 0.822. The van der Waals surface area contributed by atoms with Gasteiger partial charge in [-0.25, -0.2) is 4.39 Å². The highest BCUT2D eigenvalue weighted by Gasteiger charge is 2.41. The second-order valence-corrected chi connectivity index (χ2v) is 5.77. The van der Waals surface area contributed by atoms with Crippen LogP contribution in [0.4, 0.5) is 10.1 Å². The van der Waals surface area contributed by atoms with Gasteiger partial charge in [0.15, 0.2) is 0 Å². The number of hydrogen-bond donors (Lipinski definition) is 1. The van der Waals surface area contributed by atoms with Gasteiger partial charge in [0, 0.05) is 24.2 Å². The molecule has 4 heteroatoms. The van der Waals surface area contributed by atoms with Crippen molar-refractivity contribution < 1.29 is 9.18 Å². The molecule has 1 saturated heterocycles. The van der Waals surface area contributed by atoms with Crippen molar-refractivity contribution in [3.63, 3.8) is 0 Å². The number of nitrogens with one attached hydrogen (secondary N) is 1. The van der Waals surface area contributed by atoms with E-state index in [2.05, 4.69) is 24.1 Å². The fourth-order valence-electron chi connectivity index (χ4n) is 3.07. The first-order valence-corrected chi connectivity index (χ1v) is 6.33. The minimum Gasteiger partial charge on any atom is -0.358 e. The zero-order valence-corrected chi connectivity index (χ0v) is 10.7. The Morgan fingerprint density at radius 1 is 1.44 bits per heavy atom. The van der Waals surface area contributed by atoms with Crippen molar-refractivity contribution in [3.05, 3.63) is 29.6 Å². The smallest absolute Gasteiger partial charge is 0.242 e. The molecule has 18 heavy (non-hydrogen) atoms. The van der Waals surface area contributed by atoms with Gasteiger partial charge >= 0.3 is 0 Å². The van der Waals surface area contributed by atoms with Crippen LogP contribution in [0.5, 0.6) is 0 Å². The summed E-state index contributed by atoms with van der Waals surface area (Å²) in [5, 5.41) is 2.84. The van der Waals surface area contributed by atoms with Gasteiger partial charge in [-0.2, -0.15) is 0 Å². The molecule has 0 saturated carbocycles. The van der Waals surface area contributed by atoms with Gasteiger partial charge in [0.2, 0.25) is 5.91 Å². The second kappa shape index (κ2) is 3.70. The van der Waals surface area contributed by atoms with E-state index >= 15 is 0 Å². The molecule has 3 rings (SSSR count). The number of fused-ring (bicyclic) bond motifs is 1. The summed E-state index contributed by atoms with van der Waals surface area (Å²) in [6, 6.07) is 4.75. The van der Waals surface area contributed by atoms with E-state index in [-0.39, 0.29) is 23.2 Å². The second-order valence-electron chi connectivity index (χ2n) is 5.77. The van der Waals surface area contributed by atoms with Gasteiger partial charge in [-0.1, -0.05) is 19.9 Å². The molecule has 2 heterocycles. The van der Waals surface area contributed by atoms with Crippen molar-refractivity contribution in [3.8, 4) is 0 Å². The number of carbonyl (C=O) groups is 1. The summed E-state index contributed by atoms with van der Waals surface area (Å²) in [4.78, 5) is 13.9. The molecule has 1 unspecified atom stereocenters. The van der Waals surface area contributed by atoms with Crippen LogP contribution in [0.25, 0.3) is 0 Å². The SMILES string of the molecule is CC1(C)CN(C2CCNC2=O)c2cc(F)ccc21. The van der Waals surface area contributed by atoms with Crippen LogP contribution in [0.15, 0.2) is 18.2 Å². The summed E-state index contributed by atoms with van der Waals surface area (Å²) in [5.41, 5.74) is 1.97. The van der Waals surface area contributed by atoms with Crippen molar-refractivity contribution in [2.24, 2.45) is 0 Å². The molecular weight excluding hydrogens is 231 g/mol. The van der Waals surface area contributed by atoms with Crippen molar-refractivity contribution in [1.82, 2.24) is 5.32 Å². The standard InChI is InChI=1S/C14H17FN2O/c1-14(2)8-17(11-5-6-16-13(11)18)12-7-9(15)3-4-10(12)14/h3-4,7,11H,5-6,8H2,1-2H3,(H,16,18). The van der Waals surface area contributed by atoms with Gasteiger partial charge in [-0.05, 0) is 24.1 Å². The number of hydrogen-bond acceptors (Lipinski definition) is 2. The zero-order chi connectivity index (χ0) is 12.9. The molecule has 1 aromatic rings. The normalized spacial score (nSPS) is 25.2. The molecule has 96 valence electrons. The Bertz CT molecular complexity index is 513. The fourth-order valence-corrected chi connectivity index (χ4v) is 3.07. The summed E-state index contributed by atoms with van der Waals surface area (Å²) in [7, 11) is 0. The van der Waals surface area contributed by atoms with Crippen molar-refractivity contribution >= 4 is 11.6 Å². The number of anilines is 1. The number of rotatable bonds is 1. The first-order valence-electron chi connectivity index (χ1n) is 6.33. The largest absolute Gasteiger partial charge is 0.358 e. The summed E-state index contributed by atoms with van der Waals surface area (Å²) in [6.07, 6.45) is 0.796. The average molecular weight is 248 g/mol. The maximum Gasteiger partial charge on any atom is 0.242 e. The molecule has 2 aliphatic heterocycles. The van der Waals surface area contributed by atoms with Crippen LogP contribution >= 0.6 is 0 Å². The number of amides is 1. The number of nitrogens with zero attached hydrogens (tertiary/aromatic N) is 1. The third-order valence-corrected chi connectivity index (χ3v) is 3.96. The molecule has 1 N–H and O–H groups in total. The third kappa shape index (κ3) is 1.59. The van der Waals surface area contributed by atoms with E-state index in [4.69, 9.17) is 0 Å². The van der Waals surface area contributed by atoms with E-state index in [0.717, 1.165) is 24.2 Å². The van der Waals surface area contributed by atoms with Crippen LogP contribution in [-0.2, 0) is 10.2 Å². The molecule has 0 radical (unpaired) electrons. The molecule has 0 spiro atoms. The average Bonchev–Trinajstić information content (AvgIpc) is 2.81. The predicted molar refractivity (Wildman–Crippen MR) is 68.2 cm³/mol. The molecular formula is C14H17FN2O. The van der Waals surface area contributed by atoms with Gasteiger partial charge < -0.3 is 10.2 Å². The summed E-state index contributed by atoms with van der Waals surface area (Å²) < 4.78 is 13.4. The van der Waals surface area contributed by atoms with Gasteiger partial charge in [0.1, 0.15) is 11.9 Å². The molecule has 1 atom stereocenters. The van der Waals surface area contributed by atoms with E-state index < -0.39 is 0 Å². The van der Waals surface area contributed by atoms with E-state index in [9.17, 15) is 9.18 Å². The maximum atomic E-state index is 13.4. The highest BCUT2D eigenvalue weighted by Crippen LogP contribution is 2.42. The lowest BCUT2D eigenvalue weighted by molar-refractivity contribution is -0.120. The topological polar surface area (TPSA) is 32.3 Å². The van der Waals surface area contributed by atoms with E-state index in [0.29, 0.717) is 6.54 Å². The van der Waals surface area contributed by atoms with E-state index in [1.165, 1.54) is 6.07 Å². The minimum atomic E-state index is -0.241. The minimum absolute atomic E-state index is 0.0358. The number of halogens is 1. The molecule has 2 aliphatic rings. The lowest BCUT2D eigenvalue weighted by Crippen LogP contribution is -2.42. The van der Waals surface area contributed by atoms with Crippen LogP contribution in [0.2, 0.25) is 0 Å². The van der Waals surface area contributed by atoms with Crippen molar-refractivity contribution in [2.75, 3.05) is 18.0 Å². The van der Waals surface area contributed by atoms with Crippen LogP contribution < -0.4 is 10.2 Å².